The van der Waals surface area contributed by atoms with Gasteiger partial charge in [0.05, 0.1) is 5.69 Å². The summed E-state index contributed by atoms with van der Waals surface area (Å²) >= 11 is 0. The van der Waals surface area contributed by atoms with Gasteiger partial charge in [-0.25, -0.2) is 4.98 Å². The van der Waals surface area contributed by atoms with Gasteiger partial charge in [0.2, 0.25) is 0 Å². The van der Waals surface area contributed by atoms with E-state index >= 15 is 0 Å². The van der Waals surface area contributed by atoms with E-state index < -0.39 is 17.9 Å². The largest absolute Gasteiger partial charge is 0.433 e. The van der Waals surface area contributed by atoms with Crippen LogP contribution in [0.4, 0.5) is 18.9 Å². The number of hydrogen-bond acceptors (Lipinski definition) is 4. The molecule has 0 aliphatic carbocycles. The number of rotatable bonds is 2. The predicted molar refractivity (Wildman–Crippen MR) is 62.7 cm³/mol. The fourth-order valence-electron chi connectivity index (χ4n) is 1.38. The average molecular weight is 269 g/mol. The van der Waals surface area contributed by atoms with E-state index in [0.717, 1.165) is 17.8 Å². The summed E-state index contributed by atoms with van der Waals surface area (Å²) in [5.74, 6) is 0.222. The second-order valence-corrected chi connectivity index (χ2v) is 3.87. The lowest BCUT2D eigenvalue weighted by Gasteiger charge is -2.09. The van der Waals surface area contributed by atoms with Crippen molar-refractivity contribution in [1.82, 2.24) is 9.97 Å². The highest BCUT2D eigenvalue weighted by Crippen LogP contribution is 2.30. The van der Waals surface area contributed by atoms with Crippen molar-refractivity contribution in [2.45, 2.75) is 13.1 Å². The lowest BCUT2D eigenvalue weighted by Crippen LogP contribution is -2.09. The third-order valence-corrected chi connectivity index (χ3v) is 2.29. The van der Waals surface area contributed by atoms with Gasteiger partial charge in [-0.2, -0.15) is 18.2 Å². The number of aryl methyl sites for hydroxylation is 1. The Bertz CT molecular complexity index is 599. The molecule has 1 aromatic carbocycles. The Morgan fingerprint density at radius 2 is 1.95 bits per heavy atom. The maximum atomic E-state index is 12.5. The van der Waals surface area contributed by atoms with Gasteiger partial charge in [-0.05, 0) is 30.7 Å². The Morgan fingerprint density at radius 3 is 2.63 bits per heavy atom. The summed E-state index contributed by atoms with van der Waals surface area (Å²) in [6.07, 6.45) is -3.56. The predicted octanol–water partition coefficient (Wildman–Crippen LogP) is 3.18. The zero-order valence-electron chi connectivity index (χ0n) is 9.90. The van der Waals surface area contributed by atoms with E-state index in [-0.39, 0.29) is 5.75 Å². The first-order valence-corrected chi connectivity index (χ1v) is 5.30. The summed E-state index contributed by atoms with van der Waals surface area (Å²) in [5, 5.41) is 0. The van der Waals surface area contributed by atoms with Crippen molar-refractivity contribution < 1.29 is 17.9 Å². The van der Waals surface area contributed by atoms with E-state index in [1.165, 1.54) is 0 Å². The van der Waals surface area contributed by atoms with Crippen LogP contribution in [0.3, 0.4) is 0 Å². The van der Waals surface area contributed by atoms with Crippen LogP contribution in [0.5, 0.6) is 11.8 Å². The Kier molecular flexibility index (Phi) is 3.28. The summed E-state index contributed by atoms with van der Waals surface area (Å²) in [4.78, 5) is 6.93. The van der Waals surface area contributed by atoms with Crippen molar-refractivity contribution in [3.05, 3.63) is 41.7 Å². The molecule has 0 fully saturated rings. The van der Waals surface area contributed by atoms with E-state index in [2.05, 4.69) is 9.97 Å². The van der Waals surface area contributed by atoms with Crippen LogP contribution in [0.2, 0.25) is 0 Å². The van der Waals surface area contributed by atoms with Crippen LogP contribution in [0.15, 0.2) is 30.5 Å². The minimum atomic E-state index is -4.54. The Balaban J connectivity index is 2.31. The topological polar surface area (TPSA) is 61.0 Å². The highest BCUT2D eigenvalue weighted by Gasteiger charge is 2.33. The Hall–Kier alpha value is -2.31. The van der Waals surface area contributed by atoms with E-state index in [1.54, 1.807) is 25.1 Å². The molecule has 2 aromatic rings. The van der Waals surface area contributed by atoms with Gasteiger partial charge in [0.15, 0.2) is 11.4 Å². The zero-order valence-corrected chi connectivity index (χ0v) is 9.90. The number of halogens is 3. The Morgan fingerprint density at radius 1 is 1.21 bits per heavy atom. The molecule has 100 valence electrons. The average Bonchev–Trinajstić information content (AvgIpc) is 2.33. The molecule has 0 atom stereocenters. The second-order valence-electron chi connectivity index (χ2n) is 3.87. The highest BCUT2D eigenvalue weighted by molar-refractivity contribution is 5.54. The van der Waals surface area contributed by atoms with Crippen LogP contribution < -0.4 is 10.5 Å². The standard InChI is InChI=1S/C12H10F3N3O/c1-7-2-3-8(16)9(6-7)19-11-17-5-4-10(18-11)12(13,14)15/h2-6H,16H2,1H3. The van der Waals surface area contributed by atoms with Crippen LogP contribution in [0.25, 0.3) is 0 Å². The van der Waals surface area contributed by atoms with E-state index in [4.69, 9.17) is 10.5 Å². The molecular weight excluding hydrogens is 259 g/mol. The molecule has 0 saturated carbocycles. The van der Waals surface area contributed by atoms with Gasteiger partial charge in [-0.1, -0.05) is 6.07 Å². The van der Waals surface area contributed by atoms with Gasteiger partial charge in [0, 0.05) is 6.20 Å². The summed E-state index contributed by atoms with van der Waals surface area (Å²) in [6.45, 7) is 1.80. The van der Waals surface area contributed by atoms with Crippen LogP contribution in [0.1, 0.15) is 11.3 Å². The molecule has 2 N–H and O–H groups in total. The van der Waals surface area contributed by atoms with Crippen LogP contribution >= 0.6 is 0 Å². The first-order valence-electron chi connectivity index (χ1n) is 5.30. The normalized spacial score (nSPS) is 11.4. The van der Waals surface area contributed by atoms with Gasteiger partial charge >= 0.3 is 12.2 Å². The molecule has 0 unspecified atom stereocenters. The maximum Gasteiger partial charge on any atom is 0.433 e. The molecule has 0 radical (unpaired) electrons. The SMILES string of the molecule is Cc1ccc(N)c(Oc2nccc(C(F)(F)F)n2)c1. The Labute approximate surface area is 107 Å². The van der Waals surface area contributed by atoms with Crippen molar-refractivity contribution >= 4 is 5.69 Å². The number of anilines is 1. The van der Waals surface area contributed by atoms with Crippen molar-refractivity contribution in [3.63, 3.8) is 0 Å². The molecule has 0 spiro atoms. The smallest absolute Gasteiger partial charge is 0.422 e. The fourth-order valence-corrected chi connectivity index (χ4v) is 1.38. The lowest BCUT2D eigenvalue weighted by molar-refractivity contribution is -0.141. The molecule has 0 aliphatic heterocycles. The molecule has 4 nitrogen and oxygen atoms in total. The van der Waals surface area contributed by atoms with E-state index in [1.807, 2.05) is 0 Å². The second kappa shape index (κ2) is 4.75. The summed E-state index contributed by atoms with van der Waals surface area (Å²) < 4.78 is 42.6. The van der Waals surface area contributed by atoms with Crippen molar-refractivity contribution in [2.75, 3.05) is 5.73 Å². The minimum Gasteiger partial charge on any atom is -0.422 e. The number of hydrogen-bond donors (Lipinski definition) is 1. The summed E-state index contributed by atoms with van der Waals surface area (Å²) in [5.41, 5.74) is 5.75. The molecular formula is C12H10F3N3O. The number of benzene rings is 1. The molecule has 0 amide bonds. The molecule has 0 saturated heterocycles. The van der Waals surface area contributed by atoms with Crippen molar-refractivity contribution in [2.24, 2.45) is 0 Å². The van der Waals surface area contributed by atoms with E-state index in [0.29, 0.717) is 5.69 Å². The number of nitrogen functional groups attached to an aromatic ring is 1. The number of ether oxygens (including phenoxy) is 1. The molecule has 2 rings (SSSR count). The number of nitrogens with two attached hydrogens (primary N) is 1. The molecule has 1 heterocycles. The van der Waals surface area contributed by atoms with Crippen LogP contribution in [0, 0.1) is 6.92 Å². The maximum absolute atomic E-state index is 12.5. The van der Waals surface area contributed by atoms with Crippen LogP contribution in [-0.2, 0) is 6.18 Å². The summed E-state index contributed by atoms with van der Waals surface area (Å²) in [7, 11) is 0. The van der Waals surface area contributed by atoms with Crippen molar-refractivity contribution in [3.8, 4) is 11.8 Å². The number of alkyl halides is 3. The molecule has 0 aliphatic rings. The molecule has 7 heteroatoms. The van der Waals surface area contributed by atoms with Gasteiger partial charge < -0.3 is 10.5 Å². The molecule has 0 bridgehead atoms. The first-order chi connectivity index (χ1) is 8.86. The quantitative estimate of drug-likeness (QED) is 0.850. The van der Waals surface area contributed by atoms with Gasteiger partial charge in [0.25, 0.3) is 0 Å². The monoisotopic (exact) mass is 269 g/mol. The molecule has 1 aromatic heterocycles. The number of nitrogens with zero attached hydrogens (tertiary/aromatic N) is 2. The number of aromatic nitrogens is 2. The third kappa shape index (κ3) is 3.12. The lowest BCUT2D eigenvalue weighted by atomic mass is 10.2. The minimum absolute atomic E-state index is 0.222. The fraction of sp³-hybridized carbons (Fsp3) is 0.167. The van der Waals surface area contributed by atoms with E-state index in [9.17, 15) is 13.2 Å². The van der Waals surface area contributed by atoms with Crippen LogP contribution in [-0.4, -0.2) is 9.97 Å². The van der Waals surface area contributed by atoms with Gasteiger partial charge in [-0.3, -0.25) is 0 Å². The third-order valence-electron chi connectivity index (χ3n) is 2.29. The molecule has 19 heavy (non-hydrogen) atoms. The first kappa shape index (κ1) is 13.1. The highest BCUT2D eigenvalue weighted by atomic mass is 19.4. The zero-order chi connectivity index (χ0) is 14.0. The van der Waals surface area contributed by atoms with Gasteiger partial charge in [0.1, 0.15) is 0 Å². The van der Waals surface area contributed by atoms with Crippen molar-refractivity contribution in [1.29, 1.82) is 0 Å². The summed E-state index contributed by atoms with van der Waals surface area (Å²) in [6, 6.07) is 5.32. The van der Waals surface area contributed by atoms with Gasteiger partial charge in [-0.15, -0.1) is 0 Å².